The lowest BCUT2D eigenvalue weighted by molar-refractivity contribution is 0.187. The molecule has 4 nitrogen and oxygen atoms in total. The molecule has 1 atom stereocenters. The van der Waals surface area contributed by atoms with Crippen molar-refractivity contribution in [3.63, 3.8) is 0 Å². The normalized spacial score (nSPS) is 13.7. The first-order chi connectivity index (χ1) is 8.99. The van der Waals surface area contributed by atoms with Gasteiger partial charge in [-0.05, 0) is 25.0 Å². The van der Waals surface area contributed by atoms with Crippen LogP contribution >= 0.6 is 0 Å². The van der Waals surface area contributed by atoms with Crippen molar-refractivity contribution in [1.82, 2.24) is 5.32 Å². The summed E-state index contributed by atoms with van der Waals surface area (Å²) in [6.45, 7) is 4.43. The molecule has 0 saturated carbocycles. The van der Waals surface area contributed by atoms with Gasteiger partial charge in [0, 0.05) is 12.6 Å². The molecule has 1 unspecified atom stereocenters. The first-order valence-corrected chi connectivity index (χ1v) is 8.34. The van der Waals surface area contributed by atoms with Crippen LogP contribution in [-0.4, -0.2) is 38.0 Å². The number of rotatable bonds is 8. The van der Waals surface area contributed by atoms with E-state index in [1.165, 1.54) is 0 Å². The Bertz CT molecular complexity index is 455. The van der Waals surface area contributed by atoms with Crippen molar-refractivity contribution in [2.75, 3.05) is 12.3 Å². The standard InChI is InChI=1S/C14H23NO3S/c1-3-12(4-2)15-10-13(16)11-19(17,18)14-8-6-5-7-9-14/h5-9,12-13,15-16H,3-4,10-11H2,1-2H3. The van der Waals surface area contributed by atoms with Crippen molar-refractivity contribution in [3.8, 4) is 0 Å². The highest BCUT2D eigenvalue weighted by Crippen LogP contribution is 2.11. The molecule has 0 fully saturated rings. The van der Waals surface area contributed by atoms with Gasteiger partial charge in [0.1, 0.15) is 0 Å². The molecule has 108 valence electrons. The third-order valence-corrected chi connectivity index (χ3v) is 4.96. The van der Waals surface area contributed by atoms with Gasteiger partial charge < -0.3 is 10.4 Å². The Morgan fingerprint density at radius 1 is 1.16 bits per heavy atom. The number of hydrogen-bond donors (Lipinski definition) is 2. The van der Waals surface area contributed by atoms with E-state index < -0.39 is 15.9 Å². The van der Waals surface area contributed by atoms with E-state index in [4.69, 9.17) is 0 Å². The van der Waals surface area contributed by atoms with Gasteiger partial charge in [0.15, 0.2) is 9.84 Å². The van der Waals surface area contributed by atoms with E-state index in [0.717, 1.165) is 12.8 Å². The maximum atomic E-state index is 12.0. The predicted molar refractivity (Wildman–Crippen MR) is 76.9 cm³/mol. The highest BCUT2D eigenvalue weighted by Gasteiger charge is 2.19. The number of hydrogen-bond acceptors (Lipinski definition) is 4. The molecular weight excluding hydrogens is 262 g/mol. The Labute approximate surface area is 115 Å². The first-order valence-electron chi connectivity index (χ1n) is 6.68. The molecule has 19 heavy (non-hydrogen) atoms. The summed E-state index contributed by atoms with van der Waals surface area (Å²) in [4.78, 5) is 0.261. The van der Waals surface area contributed by atoms with Crippen molar-refractivity contribution in [2.45, 2.75) is 43.7 Å². The van der Waals surface area contributed by atoms with Crippen LogP contribution in [0.1, 0.15) is 26.7 Å². The summed E-state index contributed by atoms with van der Waals surface area (Å²) in [5.74, 6) is -0.246. The Kier molecular flexibility index (Phi) is 6.48. The molecule has 0 heterocycles. The third kappa shape index (κ3) is 5.30. The molecule has 0 radical (unpaired) electrons. The van der Waals surface area contributed by atoms with Gasteiger partial charge in [-0.15, -0.1) is 0 Å². The van der Waals surface area contributed by atoms with Gasteiger partial charge in [-0.3, -0.25) is 0 Å². The van der Waals surface area contributed by atoms with Gasteiger partial charge in [-0.2, -0.15) is 0 Å². The molecule has 0 aliphatic heterocycles. The van der Waals surface area contributed by atoms with E-state index in [9.17, 15) is 13.5 Å². The minimum atomic E-state index is -3.41. The molecule has 0 spiro atoms. The second-order valence-corrected chi connectivity index (χ2v) is 6.70. The van der Waals surface area contributed by atoms with Crippen LogP contribution in [0.2, 0.25) is 0 Å². The molecule has 1 rings (SSSR count). The van der Waals surface area contributed by atoms with E-state index in [-0.39, 0.29) is 10.6 Å². The van der Waals surface area contributed by atoms with Crippen LogP contribution in [-0.2, 0) is 9.84 Å². The van der Waals surface area contributed by atoms with Crippen molar-refractivity contribution in [3.05, 3.63) is 30.3 Å². The molecule has 0 bridgehead atoms. The van der Waals surface area contributed by atoms with Crippen LogP contribution in [0.4, 0.5) is 0 Å². The number of nitrogens with one attached hydrogen (secondary N) is 1. The van der Waals surface area contributed by atoms with E-state index >= 15 is 0 Å². The topological polar surface area (TPSA) is 66.4 Å². The zero-order chi connectivity index (χ0) is 14.3. The number of benzene rings is 1. The van der Waals surface area contributed by atoms with E-state index in [2.05, 4.69) is 19.2 Å². The fourth-order valence-electron chi connectivity index (χ4n) is 1.92. The number of sulfone groups is 1. The van der Waals surface area contributed by atoms with Crippen LogP contribution in [0.25, 0.3) is 0 Å². The fourth-order valence-corrected chi connectivity index (χ4v) is 3.30. The molecule has 1 aromatic carbocycles. The van der Waals surface area contributed by atoms with Crippen LogP contribution in [0.3, 0.4) is 0 Å². The Hall–Kier alpha value is -0.910. The minimum Gasteiger partial charge on any atom is -0.391 e. The van der Waals surface area contributed by atoms with Gasteiger partial charge in [-0.25, -0.2) is 8.42 Å². The molecular formula is C14H23NO3S. The molecule has 0 aliphatic rings. The largest absolute Gasteiger partial charge is 0.391 e. The smallest absolute Gasteiger partial charge is 0.180 e. The lowest BCUT2D eigenvalue weighted by atomic mass is 10.2. The van der Waals surface area contributed by atoms with E-state index in [0.29, 0.717) is 12.6 Å². The van der Waals surface area contributed by atoms with Gasteiger partial charge in [0.05, 0.1) is 16.8 Å². The third-order valence-electron chi connectivity index (χ3n) is 3.14. The lowest BCUT2D eigenvalue weighted by Gasteiger charge is -2.18. The monoisotopic (exact) mass is 285 g/mol. The molecule has 0 aromatic heterocycles. The van der Waals surface area contributed by atoms with Gasteiger partial charge in [0.25, 0.3) is 0 Å². The van der Waals surface area contributed by atoms with Crippen molar-refractivity contribution >= 4 is 9.84 Å². The summed E-state index contributed by atoms with van der Waals surface area (Å²) in [5.41, 5.74) is 0. The molecule has 0 aliphatic carbocycles. The maximum absolute atomic E-state index is 12.0. The highest BCUT2D eigenvalue weighted by atomic mass is 32.2. The maximum Gasteiger partial charge on any atom is 0.180 e. The summed E-state index contributed by atoms with van der Waals surface area (Å²) in [5, 5.41) is 13.0. The zero-order valence-corrected chi connectivity index (χ0v) is 12.4. The second-order valence-electron chi connectivity index (χ2n) is 4.67. The van der Waals surface area contributed by atoms with E-state index in [1.54, 1.807) is 30.3 Å². The summed E-state index contributed by atoms with van der Waals surface area (Å²) in [7, 11) is -3.41. The Morgan fingerprint density at radius 2 is 1.74 bits per heavy atom. The van der Waals surface area contributed by atoms with Crippen molar-refractivity contribution in [2.24, 2.45) is 0 Å². The van der Waals surface area contributed by atoms with Crippen LogP contribution in [0.15, 0.2) is 35.2 Å². The first kappa shape index (κ1) is 16.1. The second kappa shape index (κ2) is 7.62. The summed E-state index contributed by atoms with van der Waals surface area (Å²) in [6.07, 6.45) is 1.05. The Morgan fingerprint density at radius 3 is 2.26 bits per heavy atom. The summed E-state index contributed by atoms with van der Waals surface area (Å²) < 4.78 is 24.1. The molecule has 0 saturated heterocycles. The molecule has 5 heteroatoms. The average molecular weight is 285 g/mol. The quantitative estimate of drug-likeness (QED) is 0.761. The van der Waals surface area contributed by atoms with Gasteiger partial charge in [0.2, 0.25) is 0 Å². The highest BCUT2D eigenvalue weighted by molar-refractivity contribution is 7.91. The van der Waals surface area contributed by atoms with Crippen LogP contribution in [0.5, 0.6) is 0 Å². The van der Waals surface area contributed by atoms with Crippen LogP contribution in [0, 0.1) is 0 Å². The molecule has 1 aromatic rings. The minimum absolute atomic E-state index is 0.246. The zero-order valence-electron chi connectivity index (χ0n) is 11.5. The van der Waals surface area contributed by atoms with Gasteiger partial charge in [-0.1, -0.05) is 32.0 Å². The molecule has 0 amide bonds. The average Bonchev–Trinajstić information content (AvgIpc) is 2.40. The summed E-state index contributed by atoms with van der Waals surface area (Å²) in [6, 6.07) is 8.56. The predicted octanol–water partition coefficient (Wildman–Crippen LogP) is 1.60. The fraction of sp³-hybridized carbons (Fsp3) is 0.571. The lowest BCUT2D eigenvalue weighted by Crippen LogP contribution is -2.38. The number of aliphatic hydroxyl groups excluding tert-OH is 1. The Balaban J connectivity index is 2.54. The summed E-state index contributed by atoms with van der Waals surface area (Å²) >= 11 is 0. The van der Waals surface area contributed by atoms with Crippen molar-refractivity contribution < 1.29 is 13.5 Å². The van der Waals surface area contributed by atoms with Gasteiger partial charge >= 0.3 is 0 Å². The number of aliphatic hydroxyl groups is 1. The molecule has 2 N–H and O–H groups in total. The van der Waals surface area contributed by atoms with E-state index in [1.807, 2.05) is 0 Å². The van der Waals surface area contributed by atoms with Crippen LogP contribution < -0.4 is 5.32 Å². The van der Waals surface area contributed by atoms with Crippen molar-refractivity contribution in [1.29, 1.82) is 0 Å². The SMILES string of the molecule is CCC(CC)NCC(O)CS(=O)(=O)c1ccccc1.